The third-order valence-corrected chi connectivity index (χ3v) is 9.59. The van der Waals surface area contributed by atoms with Gasteiger partial charge in [-0.3, -0.25) is 9.55 Å². The molecule has 0 aliphatic heterocycles. The number of rotatable bonds is 5. The first-order chi connectivity index (χ1) is 23.8. The normalized spacial score (nSPS) is 11.8. The van der Waals surface area contributed by atoms with Crippen LogP contribution < -0.4 is 0 Å². The highest BCUT2D eigenvalue weighted by Crippen LogP contribution is 2.42. The van der Waals surface area contributed by atoms with Gasteiger partial charge in [0.15, 0.2) is 0 Å². The van der Waals surface area contributed by atoms with Crippen LogP contribution in [-0.4, -0.2) is 19.1 Å². The molecule has 10 rings (SSSR count). The number of fused-ring (bicyclic) bond motifs is 1. The first-order valence-electron chi connectivity index (χ1n) is 16.2. The fraction of sp³-hybridized carbons (Fsp3) is 0. The van der Waals surface area contributed by atoms with Crippen molar-refractivity contribution in [3.8, 4) is 45.0 Å². The molecular weight excluding hydrogens is 585 g/mol. The van der Waals surface area contributed by atoms with Crippen molar-refractivity contribution < 1.29 is 0 Å². The molecule has 0 atom stereocenters. The number of nitrogens with zero attached hydrogens (tertiary/aromatic N) is 4. The summed E-state index contributed by atoms with van der Waals surface area (Å²) in [5.41, 5.74) is 12.4. The summed E-state index contributed by atoms with van der Waals surface area (Å²) in [7, 11) is 0. The second-order valence-electron chi connectivity index (χ2n) is 12.3. The SMILES string of the molecule is c1ccc(-c2nc3cc(-c4ccc(-c5ccc6c7c5ccc5cccc(c57)n6-c5ccccc5)cc4)ccc3n2-c2cccnc2)cc1. The second kappa shape index (κ2) is 10.5. The molecule has 224 valence electrons. The molecule has 3 heterocycles. The van der Waals surface area contributed by atoms with Gasteiger partial charge in [-0.1, -0.05) is 109 Å². The first kappa shape index (κ1) is 26.7. The molecule has 0 N–H and O–H groups in total. The molecule has 48 heavy (non-hydrogen) atoms. The Morgan fingerprint density at radius 1 is 0.438 bits per heavy atom. The van der Waals surface area contributed by atoms with Crippen molar-refractivity contribution >= 4 is 43.6 Å². The number of hydrogen-bond acceptors (Lipinski definition) is 2. The molecule has 4 heteroatoms. The van der Waals surface area contributed by atoms with Crippen LogP contribution in [-0.2, 0) is 0 Å². The number of benzene rings is 7. The molecule has 0 aliphatic rings. The average Bonchev–Trinajstić information content (AvgIpc) is 3.72. The van der Waals surface area contributed by atoms with Crippen LogP contribution in [0.2, 0.25) is 0 Å². The lowest BCUT2D eigenvalue weighted by molar-refractivity contribution is 1.08. The zero-order chi connectivity index (χ0) is 31.6. The fourth-order valence-electron chi connectivity index (χ4n) is 7.43. The minimum absolute atomic E-state index is 0.903. The molecule has 0 radical (unpaired) electrons. The van der Waals surface area contributed by atoms with Crippen molar-refractivity contribution in [3.63, 3.8) is 0 Å². The maximum Gasteiger partial charge on any atom is 0.145 e. The maximum atomic E-state index is 5.14. The molecule has 4 nitrogen and oxygen atoms in total. The smallest absolute Gasteiger partial charge is 0.145 e. The van der Waals surface area contributed by atoms with E-state index in [1.807, 2.05) is 18.3 Å². The molecule has 0 aliphatic carbocycles. The summed E-state index contributed by atoms with van der Waals surface area (Å²) >= 11 is 0. The summed E-state index contributed by atoms with van der Waals surface area (Å²) in [4.78, 5) is 9.53. The van der Waals surface area contributed by atoms with Gasteiger partial charge in [0.25, 0.3) is 0 Å². The van der Waals surface area contributed by atoms with E-state index in [-0.39, 0.29) is 0 Å². The number of hydrogen-bond donors (Lipinski definition) is 0. The average molecular weight is 613 g/mol. The van der Waals surface area contributed by atoms with Gasteiger partial charge in [-0.2, -0.15) is 0 Å². The Bertz CT molecular complexity index is 2740. The summed E-state index contributed by atoms with van der Waals surface area (Å²) in [6.07, 6.45) is 3.69. The van der Waals surface area contributed by atoms with Gasteiger partial charge in [0, 0.05) is 28.2 Å². The Kier molecular flexibility index (Phi) is 5.84. The van der Waals surface area contributed by atoms with Crippen molar-refractivity contribution in [1.82, 2.24) is 19.1 Å². The number of pyridine rings is 1. The molecule has 3 aromatic heterocycles. The molecule has 0 unspecified atom stereocenters. The summed E-state index contributed by atoms with van der Waals surface area (Å²) < 4.78 is 4.59. The van der Waals surface area contributed by atoms with E-state index in [2.05, 4.69) is 160 Å². The van der Waals surface area contributed by atoms with Crippen molar-refractivity contribution in [2.75, 3.05) is 0 Å². The van der Waals surface area contributed by atoms with E-state index in [4.69, 9.17) is 4.98 Å². The van der Waals surface area contributed by atoms with Crippen LogP contribution in [0.15, 0.2) is 170 Å². The number of imidazole rings is 1. The topological polar surface area (TPSA) is 35.6 Å². The van der Waals surface area contributed by atoms with Crippen LogP contribution in [0.4, 0.5) is 0 Å². The molecule has 0 spiro atoms. The third kappa shape index (κ3) is 4.03. The predicted octanol–water partition coefficient (Wildman–Crippen LogP) is 11.1. The maximum absolute atomic E-state index is 5.14. The van der Waals surface area contributed by atoms with Gasteiger partial charge in [-0.25, -0.2) is 4.98 Å². The summed E-state index contributed by atoms with van der Waals surface area (Å²) in [6, 6.07) is 56.3. The minimum Gasteiger partial charge on any atom is -0.309 e. The summed E-state index contributed by atoms with van der Waals surface area (Å²) in [6.45, 7) is 0. The lowest BCUT2D eigenvalue weighted by Gasteiger charge is -2.11. The van der Waals surface area contributed by atoms with E-state index in [1.54, 1.807) is 6.20 Å². The van der Waals surface area contributed by atoms with Gasteiger partial charge in [0.2, 0.25) is 0 Å². The monoisotopic (exact) mass is 612 g/mol. The van der Waals surface area contributed by atoms with Crippen LogP contribution in [0, 0.1) is 0 Å². The fourth-order valence-corrected chi connectivity index (χ4v) is 7.43. The van der Waals surface area contributed by atoms with Gasteiger partial charge in [0.1, 0.15) is 5.82 Å². The molecule has 0 amide bonds. The molecule has 0 saturated carbocycles. The zero-order valence-electron chi connectivity index (χ0n) is 26.0. The largest absolute Gasteiger partial charge is 0.309 e. The van der Waals surface area contributed by atoms with Gasteiger partial charge in [-0.05, 0) is 81.6 Å². The second-order valence-corrected chi connectivity index (χ2v) is 12.3. The quantitative estimate of drug-likeness (QED) is 0.181. The Morgan fingerprint density at radius 3 is 1.98 bits per heavy atom. The Balaban J connectivity index is 1.08. The van der Waals surface area contributed by atoms with Crippen LogP contribution in [0.3, 0.4) is 0 Å². The third-order valence-electron chi connectivity index (χ3n) is 9.59. The van der Waals surface area contributed by atoms with Gasteiger partial charge < -0.3 is 4.57 Å². The highest BCUT2D eigenvalue weighted by atomic mass is 15.1. The predicted molar refractivity (Wildman–Crippen MR) is 198 cm³/mol. The van der Waals surface area contributed by atoms with E-state index < -0.39 is 0 Å². The number of aromatic nitrogens is 4. The molecular formula is C44H28N4. The van der Waals surface area contributed by atoms with E-state index in [9.17, 15) is 0 Å². The van der Waals surface area contributed by atoms with Crippen molar-refractivity contribution in [1.29, 1.82) is 0 Å². The standard InChI is InChI=1S/C44H28N4/c1-3-9-32(10-4-1)44-46-38-27-33(21-24-39(38)48(44)35-14-8-26-45-28-35)29-16-18-30(19-17-29)36-23-25-41-43-37(36)22-20-31-11-7-15-40(42(31)43)47(41)34-12-5-2-6-13-34/h1-28H. The zero-order valence-corrected chi connectivity index (χ0v) is 26.0. The lowest BCUT2D eigenvalue weighted by atomic mass is 9.93. The highest BCUT2D eigenvalue weighted by Gasteiger charge is 2.19. The number of para-hydroxylation sites is 1. The lowest BCUT2D eigenvalue weighted by Crippen LogP contribution is -1.97. The van der Waals surface area contributed by atoms with Crippen LogP contribution in [0.25, 0.3) is 88.6 Å². The van der Waals surface area contributed by atoms with Crippen LogP contribution in [0.5, 0.6) is 0 Å². The Morgan fingerprint density at radius 2 is 1.17 bits per heavy atom. The first-order valence-corrected chi connectivity index (χ1v) is 16.2. The molecule has 7 aromatic carbocycles. The highest BCUT2D eigenvalue weighted by molar-refractivity contribution is 6.26. The van der Waals surface area contributed by atoms with Gasteiger partial charge in [-0.15, -0.1) is 0 Å². The summed E-state index contributed by atoms with van der Waals surface area (Å²) in [5.74, 6) is 0.903. The molecule has 0 fully saturated rings. The molecule has 10 aromatic rings. The summed E-state index contributed by atoms with van der Waals surface area (Å²) in [5, 5.41) is 5.18. The van der Waals surface area contributed by atoms with Crippen LogP contribution in [0.1, 0.15) is 0 Å². The Labute approximate surface area is 277 Å². The molecule has 0 bridgehead atoms. The van der Waals surface area contributed by atoms with E-state index in [0.717, 1.165) is 39.2 Å². The van der Waals surface area contributed by atoms with E-state index >= 15 is 0 Å². The Hall–Kier alpha value is -6.52. The minimum atomic E-state index is 0.903. The van der Waals surface area contributed by atoms with E-state index in [0.29, 0.717) is 0 Å². The van der Waals surface area contributed by atoms with Crippen LogP contribution >= 0.6 is 0 Å². The van der Waals surface area contributed by atoms with Crippen molar-refractivity contribution in [2.45, 2.75) is 0 Å². The van der Waals surface area contributed by atoms with Gasteiger partial charge in [0.05, 0.1) is 34.0 Å². The molecule has 0 saturated heterocycles. The van der Waals surface area contributed by atoms with Crippen molar-refractivity contribution in [2.24, 2.45) is 0 Å². The van der Waals surface area contributed by atoms with E-state index in [1.165, 1.54) is 49.4 Å². The van der Waals surface area contributed by atoms with Gasteiger partial charge >= 0.3 is 0 Å². The van der Waals surface area contributed by atoms with Crippen molar-refractivity contribution in [3.05, 3.63) is 170 Å².